The van der Waals surface area contributed by atoms with Crippen LogP contribution in [0.4, 0.5) is 0 Å². The van der Waals surface area contributed by atoms with Gasteiger partial charge in [0.1, 0.15) is 0 Å². The monoisotopic (exact) mass is 294 g/mol. The summed E-state index contributed by atoms with van der Waals surface area (Å²) >= 11 is 5.87. The van der Waals surface area contributed by atoms with Crippen LogP contribution in [-0.4, -0.2) is 36.5 Å². The van der Waals surface area contributed by atoms with E-state index in [4.69, 9.17) is 11.6 Å². The molecule has 1 aromatic carbocycles. The van der Waals surface area contributed by atoms with Crippen molar-refractivity contribution in [2.45, 2.75) is 38.6 Å². The van der Waals surface area contributed by atoms with Crippen LogP contribution in [0.2, 0.25) is 5.02 Å². The van der Waals surface area contributed by atoms with E-state index in [1.807, 2.05) is 29.2 Å². The van der Waals surface area contributed by atoms with Crippen LogP contribution in [0.25, 0.3) is 0 Å². The Morgan fingerprint density at radius 3 is 2.55 bits per heavy atom. The van der Waals surface area contributed by atoms with Gasteiger partial charge in [-0.2, -0.15) is 0 Å². The van der Waals surface area contributed by atoms with Gasteiger partial charge in [-0.1, -0.05) is 23.7 Å². The highest BCUT2D eigenvalue weighted by Gasteiger charge is 2.16. The van der Waals surface area contributed by atoms with Crippen LogP contribution in [0.5, 0.6) is 0 Å². The van der Waals surface area contributed by atoms with E-state index < -0.39 is 0 Å². The summed E-state index contributed by atoms with van der Waals surface area (Å²) in [4.78, 5) is 14.0. The molecule has 1 aliphatic rings. The molecular weight excluding hydrogens is 272 g/mol. The number of piperidine rings is 1. The molecule has 0 aromatic heterocycles. The molecule has 110 valence electrons. The van der Waals surface area contributed by atoms with E-state index in [1.165, 1.54) is 12.0 Å². The summed E-state index contributed by atoms with van der Waals surface area (Å²) in [6, 6.07) is 8.16. The average Bonchev–Trinajstić information content (AvgIpc) is 2.48. The van der Waals surface area contributed by atoms with Crippen LogP contribution in [0.3, 0.4) is 0 Å². The Hall–Kier alpha value is -1.06. The number of carbonyl (C=O) groups is 1. The van der Waals surface area contributed by atoms with Gasteiger partial charge in [-0.05, 0) is 50.3 Å². The van der Waals surface area contributed by atoms with Crippen LogP contribution in [0, 0.1) is 0 Å². The third-order valence-electron chi connectivity index (χ3n) is 3.77. The van der Waals surface area contributed by atoms with E-state index in [0.717, 1.165) is 37.4 Å². The predicted octanol–water partition coefficient (Wildman–Crippen LogP) is 2.87. The van der Waals surface area contributed by atoms with Gasteiger partial charge >= 0.3 is 0 Å². The molecule has 1 aromatic rings. The summed E-state index contributed by atoms with van der Waals surface area (Å²) < 4.78 is 0. The Morgan fingerprint density at radius 2 is 1.90 bits per heavy atom. The topological polar surface area (TPSA) is 32.3 Å². The summed E-state index contributed by atoms with van der Waals surface area (Å²) in [7, 11) is 0. The first-order valence-corrected chi connectivity index (χ1v) is 7.78. The molecule has 20 heavy (non-hydrogen) atoms. The molecule has 4 heteroatoms. The van der Waals surface area contributed by atoms with Crippen molar-refractivity contribution in [3.63, 3.8) is 0 Å². The van der Waals surface area contributed by atoms with Crippen molar-refractivity contribution in [1.29, 1.82) is 0 Å². The number of benzene rings is 1. The first-order valence-electron chi connectivity index (χ1n) is 7.41. The zero-order chi connectivity index (χ0) is 14.4. The van der Waals surface area contributed by atoms with Gasteiger partial charge in [0, 0.05) is 24.2 Å². The highest BCUT2D eigenvalue weighted by atomic mass is 35.5. The molecular formula is C16H23ClN2O. The SMILES string of the molecule is CC(Cc1ccc(Cl)cc1)NCC(=O)N1CCCCC1. The first kappa shape index (κ1) is 15.3. The van der Waals surface area contributed by atoms with Crippen molar-refractivity contribution in [3.05, 3.63) is 34.9 Å². The number of carbonyl (C=O) groups excluding carboxylic acids is 1. The molecule has 1 fully saturated rings. The fourth-order valence-corrected chi connectivity index (χ4v) is 2.69. The number of hydrogen-bond donors (Lipinski definition) is 1. The quantitative estimate of drug-likeness (QED) is 0.906. The van der Waals surface area contributed by atoms with Crippen LogP contribution in [0.1, 0.15) is 31.7 Å². The van der Waals surface area contributed by atoms with E-state index in [9.17, 15) is 4.79 Å². The van der Waals surface area contributed by atoms with Crippen LogP contribution in [-0.2, 0) is 11.2 Å². The van der Waals surface area contributed by atoms with E-state index >= 15 is 0 Å². The number of nitrogens with zero attached hydrogens (tertiary/aromatic N) is 1. The van der Waals surface area contributed by atoms with Crippen molar-refractivity contribution in [3.8, 4) is 0 Å². The first-order chi connectivity index (χ1) is 9.65. The Balaban J connectivity index is 1.72. The highest BCUT2D eigenvalue weighted by Crippen LogP contribution is 2.11. The zero-order valence-electron chi connectivity index (χ0n) is 12.1. The van der Waals surface area contributed by atoms with Gasteiger partial charge in [0.25, 0.3) is 0 Å². The molecule has 1 N–H and O–H groups in total. The third-order valence-corrected chi connectivity index (χ3v) is 4.02. The second-order valence-electron chi connectivity index (χ2n) is 5.55. The molecule has 1 aliphatic heterocycles. The molecule has 1 amide bonds. The van der Waals surface area contributed by atoms with Crippen LogP contribution >= 0.6 is 11.6 Å². The van der Waals surface area contributed by atoms with Gasteiger partial charge in [-0.15, -0.1) is 0 Å². The molecule has 2 rings (SSSR count). The number of halogens is 1. The number of nitrogens with one attached hydrogen (secondary N) is 1. The van der Waals surface area contributed by atoms with Gasteiger partial charge in [-0.25, -0.2) is 0 Å². The molecule has 1 saturated heterocycles. The maximum Gasteiger partial charge on any atom is 0.236 e. The van der Waals surface area contributed by atoms with Crippen molar-refractivity contribution < 1.29 is 4.79 Å². The standard InChI is InChI=1S/C16H23ClN2O/c1-13(11-14-5-7-15(17)8-6-14)18-12-16(20)19-9-3-2-4-10-19/h5-8,13,18H,2-4,9-12H2,1H3. The summed E-state index contributed by atoms with van der Waals surface area (Å²) in [5.41, 5.74) is 1.24. The van der Waals surface area contributed by atoms with E-state index in [2.05, 4.69) is 12.2 Å². The molecule has 1 atom stereocenters. The minimum atomic E-state index is 0.229. The van der Waals surface area contributed by atoms with Gasteiger partial charge < -0.3 is 10.2 Å². The second-order valence-corrected chi connectivity index (χ2v) is 5.99. The average molecular weight is 295 g/mol. The third kappa shape index (κ3) is 4.80. The summed E-state index contributed by atoms with van der Waals surface area (Å²) in [5, 5.41) is 4.08. The van der Waals surface area contributed by atoms with Gasteiger partial charge in [0.2, 0.25) is 5.91 Å². The van der Waals surface area contributed by atoms with Crippen LogP contribution < -0.4 is 5.32 Å². The maximum atomic E-state index is 12.0. The summed E-state index contributed by atoms with van der Waals surface area (Å²) in [5.74, 6) is 0.229. The molecule has 0 aliphatic carbocycles. The predicted molar refractivity (Wildman–Crippen MR) is 83.1 cm³/mol. The lowest BCUT2D eigenvalue weighted by atomic mass is 10.1. The lowest BCUT2D eigenvalue weighted by Gasteiger charge is -2.27. The smallest absolute Gasteiger partial charge is 0.236 e. The Kier molecular flexibility index (Phi) is 5.86. The second kappa shape index (κ2) is 7.65. The zero-order valence-corrected chi connectivity index (χ0v) is 12.8. The van der Waals surface area contributed by atoms with Gasteiger partial charge in [0.05, 0.1) is 6.54 Å². The molecule has 1 unspecified atom stereocenters. The highest BCUT2D eigenvalue weighted by molar-refractivity contribution is 6.30. The van der Waals surface area contributed by atoms with Crippen molar-refractivity contribution in [2.75, 3.05) is 19.6 Å². The van der Waals surface area contributed by atoms with Crippen molar-refractivity contribution in [2.24, 2.45) is 0 Å². The minimum absolute atomic E-state index is 0.229. The van der Waals surface area contributed by atoms with Crippen molar-refractivity contribution >= 4 is 17.5 Å². The molecule has 1 heterocycles. The normalized spacial score (nSPS) is 17.0. The van der Waals surface area contributed by atoms with E-state index in [1.54, 1.807) is 0 Å². The fraction of sp³-hybridized carbons (Fsp3) is 0.562. The number of amides is 1. The Morgan fingerprint density at radius 1 is 1.25 bits per heavy atom. The van der Waals surface area contributed by atoms with Gasteiger partial charge in [-0.3, -0.25) is 4.79 Å². The number of likely N-dealkylation sites (tertiary alicyclic amines) is 1. The Labute approximate surface area is 126 Å². The van der Waals surface area contributed by atoms with Gasteiger partial charge in [0.15, 0.2) is 0 Å². The minimum Gasteiger partial charge on any atom is -0.342 e. The molecule has 0 bridgehead atoms. The maximum absolute atomic E-state index is 12.0. The summed E-state index contributed by atoms with van der Waals surface area (Å²) in [6.07, 6.45) is 4.45. The van der Waals surface area contributed by atoms with Crippen molar-refractivity contribution in [1.82, 2.24) is 10.2 Å². The fourth-order valence-electron chi connectivity index (χ4n) is 2.56. The lowest BCUT2D eigenvalue weighted by molar-refractivity contribution is -0.131. The van der Waals surface area contributed by atoms with E-state index in [-0.39, 0.29) is 11.9 Å². The Bertz CT molecular complexity index is 427. The lowest BCUT2D eigenvalue weighted by Crippen LogP contribution is -2.43. The molecule has 0 spiro atoms. The molecule has 3 nitrogen and oxygen atoms in total. The van der Waals surface area contributed by atoms with E-state index in [0.29, 0.717) is 6.54 Å². The number of hydrogen-bond acceptors (Lipinski definition) is 2. The molecule has 0 saturated carbocycles. The largest absolute Gasteiger partial charge is 0.342 e. The molecule has 0 radical (unpaired) electrons. The van der Waals surface area contributed by atoms with Crippen LogP contribution in [0.15, 0.2) is 24.3 Å². The summed E-state index contributed by atoms with van der Waals surface area (Å²) in [6.45, 7) is 4.39. The number of rotatable bonds is 5.